The third-order valence-electron chi connectivity index (χ3n) is 5.42. The Balaban J connectivity index is 1.72. The second kappa shape index (κ2) is 6.66. The number of carbonyl (C=O) groups is 1. The van der Waals surface area contributed by atoms with Crippen molar-refractivity contribution < 1.29 is 9.21 Å². The molecule has 1 saturated heterocycles. The largest absolute Gasteiger partial charge is 0.442 e. The van der Waals surface area contributed by atoms with Gasteiger partial charge < -0.3 is 19.6 Å². The van der Waals surface area contributed by atoms with E-state index >= 15 is 0 Å². The maximum Gasteiger partial charge on any atom is 0.265 e. The summed E-state index contributed by atoms with van der Waals surface area (Å²) < 4.78 is 6.94. The van der Waals surface area contributed by atoms with Crippen molar-refractivity contribution in [3.05, 3.63) is 63.9 Å². The number of rotatable bonds is 3. The summed E-state index contributed by atoms with van der Waals surface area (Å²) in [5.41, 5.74) is 7.39. The summed E-state index contributed by atoms with van der Waals surface area (Å²) in [6.45, 7) is 3.32. The topological polar surface area (TPSA) is 94.4 Å². The van der Waals surface area contributed by atoms with Gasteiger partial charge in [-0.3, -0.25) is 9.59 Å². The minimum Gasteiger partial charge on any atom is -0.442 e. The smallest absolute Gasteiger partial charge is 0.265 e. The SMILES string of the molecule is Cc1oc2ncn(C)c(=O)c2c1C(=O)N1C[C@@H](CN)[C@H](c2ccccc2)C1. The third kappa shape index (κ3) is 2.84. The number of amides is 1. The Morgan fingerprint density at radius 1 is 1.30 bits per heavy atom. The van der Waals surface area contributed by atoms with Crippen LogP contribution in [0.2, 0.25) is 0 Å². The Morgan fingerprint density at radius 3 is 2.74 bits per heavy atom. The predicted molar refractivity (Wildman–Crippen MR) is 102 cm³/mol. The summed E-state index contributed by atoms with van der Waals surface area (Å²) in [7, 11) is 1.61. The van der Waals surface area contributed by atoms with Crippen LogP contribution in [0.1, 0.15) is 27.6 Å². The van der Waals surface area contributed by atoms with Crippen LogP contribution in [0.5, 0.6) is 0 Å². The van der Waals surface area contributed by atoms with E-state index in [1.165, 1.54) is 16.5 Å². The molecule has 0 bridgehead atoms. The van der Waals surface area contributed by atoms with Crippen molar-refractivity contribution in [1.82, 2.24) is 14.5 Å². The van der Waals surface area contributed by atoms with Crippen LogP contribution < -0.4 is 11.3 Å². The first-order chi connectivity index (χ1) is 13.0. The van der Waals surface area contributed by atoms with Gasteiger partial charge in [-0.05, 0) is 24.9 Å². The molecule has 2 N–H and O–H groups in total. The molecule has 1 amide bonds. The number of aromatic nitrogens is 2. The molecule has 2 atom stereocenters. The van der Waals surface area contributed by atoms with Crippen LogP contribution in [-0.2, 0) is 7.05 Å². The fourth-order valence-corrected chi connectivity index (χ4v) is 3.96. The number of benzene rings is 1. The van der Waals surface area contributed by atoms with E-state index in [1.54, 1.807) is 18.9 Å². The van der Waals surface area contributed by atoms with Gasteiger partial charge in [-0.15, -0.1) is 0 Å². The van der Waals surface area contributed by atoms with Gasteiger partial charge in [-0.1, -0.05) is 30.3 Å². The summed E-state index contributed by atoms with van der Waals surface area (Å²) in [6, 6.07) is 10.1. The van der Waals surface area contributed by atoms with Crippen molar-refractivity contribution in [2.45, 2.75) is 12.8 Å². The molecule has 0 aliphatic carbocycles. The molecule has 1 aromatic carbocycles. The zero-order valence-corrected chi connectivity index (χ0v) is 15.4. The number of nitrogens with zero attached hydrogens (tertiary/aromatic N) is 3. The molecule has 7 nitrogen and oxygen atoms in total. The molecular weight excluding hydrogens is 344 g/mol. The summed E-state index contributed by atoms with van der Waals surface area (Å²) in [5.74, 6) is 0.571. The van der Waals surface area contributed by atoms with E-state index in [-0.39, 0.29) is 34.4 Å². The van der Waals surface area contributed by atoms with Crippen LogP contribution in [0.4, 0.5) is 0 Å². The Morgan fingerprint density at radius 2 is 2.04 bits per heavy atom. The molecule has 0 radical (unpaired) electrons. The quantitative estimate of drug-likeness (QED) is 0.761. The molecule has 7 heteroatoms. The molecule has 3 heterocycles. The van der Waals surface area contributed by atoms with Crippen LogP contribution in [0.3, 0.4) is 0 Å². The van der Waals surface area contributed by atoms with Crippen molar-refractivity contribution >= 4 is 17.0 Å². The standard InChI is InChI=1S/C20H22N4O3/c1-12-16(17-18(27-12)22-11-23(2)19(17)25)20(26)24-9-14(8-21)15(10-24)13-6-4-3-5-7-13/h3-7,11,14-15H,8-10,21H2,1-2H3/t14-,15+/m1/s1. The van der Waals surface area contributed by atoms with Crippen LogP contribution >= 0.6 is 0 Å². The highest BCUT2D eigenvalue weighted by atomic mass is 16.3. The first-order valence-electron chi connectivity index (χ1n) is 9.00. The number of hydrogen-bond acceptors (Lipinski definition) is 5. The van der Waals surface area contributed by atoms with Gasteiger partial charge in [-0.2, -0.15) is 0 Å². The number of aryl methyl sites for hydroxylation is 2. The third-order valence-corrected chi connectivity index (χ3v) is 5.42. The fraction of sp³-hybridized carbons (Fsp3) is 0.350. The second-order valence-electron chi connectivity index (χ2n) is 7.10. The average Bonchev–Trinajstić information content (AvgIpc) is 3.26. The molecule has 0 unspecified atom stereocenters. The Hall–Kier alpha value is -2.93. The molecule has 140 valence electrons. The van der Waals surface area contributed by atoms with Crippen molar-refractivity contribution in [1.29, 1.82) is 0 Å². The average molecular weight is 366 g/mol. The number of likely N-dealkylation sites (tertiary alicyclic amines) is 1. The van der Waals surface area contributed by atoms with Crippen molar-refractivity contribution in [3.63, 3.8) is 0 Å². The molecule has 3 aromatic rings. The molecule has 1 aliphatic rings. The minimum absolute atomic E-state index is 0.177. The van der Waals surface area contributed by atoms with E-state index in [0.717, 1.165) is 0 Å². The fourth-order valence-electron chi connectivity index (χ4n) is 3.96. The zero-order valence-electron chi connectivity index (χ0n) is 15.4. The predicted octanol–water partition coefficient (Wildman–Crippen LogP) is 1.65. The summed E-state index contributed by atoms with van der Waals surface area (Å²) in [5, 5.41) is 0.245. The minimum atomic E-state index is -0.283. The second-order valence-corrected chi connectivity index (χ2v) is 7.10. The molecule has 0 spiro atoms. The highest BCUT2D eigenvalue weighted by Crippen LogP contribution is 2.34. The van der Waals surface area contributed by atoms with Gasteiger partial charge >= 0.3 is 0 Å². The van der Waals surface area contributed by atoms with Gasteiger partial charge in [-0.25, -0.2) is 4.98 Å². The van der Waals surface area contributed by atoms with Gasteiger partial charge in [0.2, 0.25) is 5.71 Å². The first-order valence-corrected chi connectivity index (χ1v) is 9.00. The monoisotopic (exact) mass is 366 g/mol. The Labute approximate surface area is 156 Å². The maximum absolute atomic E-state index is 13.3. The molecule has 2 aromatic heterocycles. The normalized spacial score (nSPS) is 19.7. The van der Waals surface area contributed by atoms with E-state index < -0.39 is 0 Å². The van der Waals surface area contributed by atoms with Crippen LogP contribution in [0.25, 0.3) is 11.1 Å². The first kappa shape index (κ1) is 17.5. The van der Waals surface area contributed by atoms with E-state index in [0.29, 0.717) is 31.0 Å². The van der Waals surface area contributed by atoms with E-state index in [1.807, 2.05) is 18.2 Å². The van der Waals surface area contributed by atoms with E-state index in [2.05, 4.69) is 17.1 Å². The van der Waals surface area contributed by atoms with Crippen LogP contribution in [-0.4, -0.2) is 40.0 Å². The van der Waals surface area contributed by atoms with Crippen LogP contribution in [0.15, 0.2) is 45.9 Å². The molecule has 27 heavy (non-hydrogen) atoms. The number of furan rings is 1. The number of carbonyl (C=O) groups excluding carboxylic acids is 1. The molecule has 1 fully saturated rings. The lowest BCUT2D eigenvalue weighted by Gasteiger charge is -2.16. The van der Waals surface area contributed by atoms with Crippen molar-refractivity contribution in [2.24, 2.45) is 18.7 Å². The lowest BCUT2D eigenvalue weighted by Crippen LogP contribution is -2.31. The Kier molecular flexibility index (Phi) is 4.31. The number of fused-ring (bicyclic) bond motifs is 1. The molecule has 1 aliphatic heterocycles. The van der Waals surface area contributed by atoms with Crippen molar-refractivity contribution in [2.75, 3.05) is 19.6 Å². The van der Waals surface area contributed by atoms with Crippen LogP contribution in [0, 0.1) is 12.8 Å². The summed E-state index contributed by atoms with van der Waals surface area (Å²) in [6.07, 6.45) is 1.40. The highest BCUT2D eigenvalue weighted by Gasteiger charge is 2.37. The van der Waals surface area contributed by atoms with Gasteiger partial charge in [0.15, 0.2) is 0 Å². The van der Waals surface area contributed by atoms with Crippen molar-refractivity contribution in [3.8, 4) is 0 Å². The van der Waals surface area contributed by atoms with E-state index in [9.17, 15) is 9.59 Å². The van der Waals surface area contributed by atoms with Gasteiger partial charge in [0.05, 0.1) is 5.56 Å². The summed E-state index contributed by atoms with van der Waals surface area (Å²) in [4.78, 5) is 31.8. The molecular formula is C20H22N4O3. The number of nitrogens with two attached hydrogens (primary N) is 1. The van der Waals surface area contributed by atoms with E-state index in [4.69, 9.17) is 10.2 Å². The molecule has 0 saturated carbocycles. The van der Waals surface area contributed by atoms with Gasteiger partial charge in [0.25, 0.3) is 11.5 Å². The van der Waals surface area contributed by atoms with Gasteiger partial charge in [0.1, 0.15) is 17.5 Å². The van der Waals surface area contributed by atoms with Gasteiger partial charge in [0, 0.05) is 26.1 Å². The molecule has 4 rings (SSSR count). The lowest BCUT2D eigenvalue weighted by molar-refractivity contribution is 0.0786. The highest BCUT2D eigenvalue weighted by molar-refractivity contribution is 6.06. The zero-order chi connectivity index (χ0) is 19.1. The Bertz CT molecular complexity index is 1050. The lowest BCUT2D eigenvalue weighted by atomic mass is 9.89. The maximum atomic E-state index is 13.3. The number of hydrogen-bond donors (Lipinski definition) is 1. The summed E-state index contributed by atoms with van der Waals surface area (Å²) >= 11 is 0.